The summed E-state index contributed by atoms with van der Waals surface area (Å²) >= 11 is 6.21. The van der Waals surface area contributed by atoms with E-state index in [9.17, 15) is 4.79 Å². The molecule has 1 aliphatic carbocycles. The Morgan fingerprint density at radius 2 is 1.77 bits per heavy atom. The molecule has 0 saturated heterocycles. The molecule has 0 spiro atoms. The Morgan fingerprint density at radius 3 is 2.55 bits per heavy atom. The van der Waals surface area contributed by atoms with E-state index in [4.69, 9.17) is 16.3 Å². The molecular weight excluding hydrogens is 406 g/mol. The number of amides is 1. The topological polar surface area (TPSA) is 38.3 Å². The van der Waals surface area contributed by atoms with Crippen molar-refractivity contribution in [1.29, 1.82) is 0 Å². The summed E-state index contributed by atoms with van der Waals surface area (Å²) in [5.74, 6) is 0.362. The van der Waals surface area contributed by atoms with Crippen molar-refractivity contribution in [3.63, 3.8) is 0 Å². The van der Waals surface area contributed by atoms with Crippen molar-refractivity contribution in [3.05, 3.63) is 99.6 Å². The van der Waals surface area contributed by atoms with E-state index in [1.165, 1.54) is 24.0 Å². The maximum atomic E-state index is 13.2. The van der Waals surface area contributed by atoms with Gasteiger partial charge in [-0.3, -0.25) is 4.79 Å². The number of halogens is 1. The Hall–Kier alpha value is -2.78. The molecule has 160 valence electrons. The van der Waals surface area contributed by atoms with Crippen molar-refractivity contribution in [2.45, 2.75) is 51.7 Å². The van der Waals surface area contributed by atoms with E-state index in [1.54, 1.807) is 18.2 Å². The van der Waals surface area contributed by atoms with Crippen LogP contribution in [0.4, 0.5) is 0 Å². The number of ether oxygens (including phenoxy) is 1. The van der Waals surface area contributed by atoms with Crippen LogP contribution in [-0.4, -0.2) is 5.91 Å². The molecule has 3 nitrogen and oxygen atoms in total. The van der Waals surface area contributed by atoms with Crippen LogP contribution < -0.4 is 10.1 Å². The molecule has 0 heterocycles. The van der Waals surface area contributed by atoms with Crippen molar-refractivity contribution in [3.8, 4) is 5.75 Å². The van der Waals surface area contributed by atoms with Crippen LogP contribution in [-0.2, 0) is 19.4 Å². The van der Waals surface area contributed by atoms with Crippen LogP contribution in [0.25, 0.3) is 0 Å². The molecule has 0 aromatic heterocycles. The lowest BCUT2D eigenvalue weighted by atomic mass is 9.88. The Balaban J connectivity index is 1.52. The molecule has 31 heavy (non-hydrogen) atoms. The zero-order valence-electron chi connectivity index (χ0n) is 17.9. The lowest BCUT2D eigenvalue weighted by Gasteiger charge is -2.22. The molecule has 1 N–H and O–H groups in total. The zero-order valence-corrected chi connectivity index (χ0v) is 18.6. The SMILES string of the molecule is CCC(NC(=O)c1cc(Cl)ccc1OCc1ccccc1)c1ccc2c(c1)CCCC2. The summed E-state index contributed by atoms with van der Waals surface area (Å²) in [5, 5.41) is 3.71. The van der Waals surface area contributed by atoms with E-state index in [-0.39, 0.29) is 11.9 Å². The quantitative estimate of drug-likeness (QED) is 0.451. The first kappa shape index (κ1) is 21.5. The predicted octanol–water partition coefficient (Wildman–Crippen LogP) is 6.68. The maximum absolute atomic E-state index is 13.2. The molecule has 1 unspecified atom stereocenters. The number of hydrogen-bond acceptors (Lipinski definition) is 2. The molecule has 0 radical (unpaired) electrons. The number of fused-ring (bicyclic) bond motifs is 1. The fourth-order valence-electron chi connectivity index (χ4n) is 4.17. The predicted molar refractivity (Wildman–Crippen MR) is 126 cm³/mol. The summed E-state index contributed by atoms with van der Waals surface area (Å²) in [7, 11) is 0. The molecule has 0 saturated carbocycles. The number of carbonyl (C=O) groups excluding carboxylic acids is 1. The van der Waals surface area contributed by atoms with E-state index >= 15 is 0 Å². The first-order valence-electron chi connectivity index (χ1n) is 11.0. The highest BCUT2D eigenvalue weighted by molar-refractivity contribution is 6.31. The van der Waals surface area contributed by atoms with Crippen LogP contribution in [0.2, 0.25) is 5.02 Å². The minimum atomic E-state index is -0.171. The largest absolute Gasteiger partial charge is 0.488 e. The van der Waals surface area contributed by atoms with Gasteiger partial charge in [-0.2, -0.15) is 0 Å². The first-order valence-corrected chi connectivity index (χ1v) is 11.4. The van der Waals surface area contributed by atoms with E-state index in [0.717, 1.165) is 30.4 Å². The number of hydrogen-bond donors (Lipinski definition) is 1. The third-order valence-corrected chi connectivity index (χ3v) is 6.15. The first-order chi connectivity index (χ1) is 15.1. The third-order valence-electron chi connectivity index (χ3n) is 5.91. The molecule has 3 aromatic carbocycles. The number of rotatable bonds is 7. The van der Waals surface area contributed by atoms with Crippen molar-refractivity contribution in [2.75, 3.05) is 0 Å². The van der Waals surface area contributed by atoms with Crippen LogP contribution in [0.5, 0.6) is 5.75 Å². The summed E-state index contributed by atoms with van der Waals surface area (Å²) in [6.07, 6.45) is 5.60. The Kier molecular flexibility index (Phi) is 6.93. The van der Waals surface area contributed by atoms with Gasteiger partial charge >= 0.3 is 0 Å². The van der Waals surface area contributed by atoms with Gasteiger partial charge in [0.15, 0.2) is 0 Å². The molecule has 0 bridgehead atoms. The molecule has 0 fully saturated rings. The third kappa shape index (κ3) is 5.29. The van der Waals surface area contributed by atoms with E-state index in [1.807, 2.05) is 30.3 Å². The molecule has 4 rings (SSSR count). The van der Waals surface area contributed by atoms with Gasteiger partial charge < -0.3 is 10.1 Å². The van der Waals surface area contributed by atoms with Gasteiger partial charge in [-0.1, -0.05) is 67.1 Å². The lowest BCUT2D eigenvalue weighted by molar-refractivity contribution is 0.0931. The van der Waals surface area contributed by atoms with Gasteiger partial charge in [-0.05, 0) is 72.6 Å². The Morgan fingerprint density at radius 1 is 1.00 bits per heavy atom. The Bertz CT molecular complexity index is 1050. The number of benzene rings is 3. The van der Waals surface area contributed by atoms with Crippen LogP contribution >= 0.6 is 11.6 Å². The zero-order chi connectivity index (χ0) is 21.6. The smallest absolute Gasteiger partial charge is 0.255 e. The molecular formula is C27H28ClNO2. The van der Waals surface area contributed by atoms with E-state index in [2.05, 4.69) is 30.4 Å². The van der Waals surface area contributed by atoms with Gasteiger partial charge in [-0.15, -0.1) is 0 Å². The fourth-order valence-corrected chi connectivity index (χ4v) is 4.34. The summed E-state index contributed by atoms with van der Waals surface area (Å²) < 4.78 is 5.98. The van der Waals surface area contributed by atoms with E-state index in [0.29, 0.717) is 22.9 Å². The molecule has 4 heteroatoms. The van der Waals surface area contributed by atoms with Gasteiger partial charge in [0.2, 0.25) is 0 Å². The average molecular weight is 434 g/mol. The number of aryl methyl sites for hydroxylation is 2. The van der Waals surface area contributed by atoms with Crippen molar-refractivity contribution in [2.24, 2.45) is 0 Å². The highest BCUT2D eigenvalue weighted by atomic mass is 35.5. The van der Waals surface area contributed by atoms with Gasteiger partial charge in [0, 0.05) is 5.02 Å². The summed E-state index contributed by atoms with van der Waals surface area (Å²) in [6, 6.07) is 21.7. The number of nitrogens with one attached hydrogen (secondary N) is 1. The highest BCUT2D eigenvalue weighted by Crippen LogP contribution is 2.28. The van der Waals surface area contributed by atoms with Crippen LogP contribution in [0.3, 0.4) is 0 Å². The van der Waals surface area contributed by atoms with Gasteiger partial charge in [0.25, 0.3) is 5.91 Å². The molecule has 3 aromatic rings. The van der Waals surface area contributed by atoms with Crippen LogP contribution in [0.15, 0.2) is 66.7 Å². The van der Waals surface area contributed by atoms with Crippen LogP contribution in [0, 0.1) is 0 Å². The minimum Gasteiger partial charge on any atom is -0.488 e. The second-order valence-electron chi connectivity index (χ2n) is 8.08. The van der Waals surface area contributed by atoms with Crippen molar-refractivity contribution < 1.29 is 9.53 Å². The van der Waals surface area contributed by atoms with E-state index < -0.39 is 0 Å². The maximum Gasteiger partial charge on any atom is 0.255 e. The van der Waals surface area contributed by atoms with Gasteiger partial charge in [-0.25, -0.2) is 0 Å². The summed E-state index contributed by atoms with van der Waals surface area (Å²) in [6.45, 7) is 2.49. The highest BCUT2D eigenvalue weighted by Gasteiger charge is 2.20. The monoisotopic (exact) mass is 433 g/mol. The second kappa shape index (κ2) is 10.0. The average Bonchev–Trinajstić information content (AvgIpc) is 2.82. The second-order valence-corrected chi connectivity index (χ2v) is 8.52. The Labute approximate surface area is 189 Å². The van der Waals surface area contributed by atoms with Crippen LogP contribution in [0.1, 0.15) is 64.8 Å². The molecule has 1 aliphatic rings. The number of carbonyl (C=O) groups is 1. The van der Waals surface area contributed by atoms with Gasteiger partial charge in [0.1, 0.15) is 12.4 Å². The molecule has 1 atom stereocenters. The minimum absolute atomic E-state index is 0.0549. The normalized spacial score (nSPS) is 13.9. The fraction of sp³-hybridized carbons (Fsp3) is 0.296. The standard InChI is InChI=1S/C27H28ClNO2/c1-2-25(22-13-12-20-10-6-7-11-21(20)16-22)29-27(30)24-17-23(28)14-15-26(24)31-18-19-8-4-3-5-9-19/h3-5,8-9,12-17,25H,2,6-7,10-11,18H2,1H3,(H,29,30). The lowest BCUT2D eigenvalue weighted by Crippen LogP contribution is -2.28. The van der Waals surface area contributed by atoms with Crippen molar-refractivity contribution in [1.82, 2.24) is 5.32 Å². The summed E-state index contributed by atoms with van der Waals surface area (Å²) in [5.41, 5.74) is 5.53. The molecule has 0 aliphatic heterocycles. The van der Waals surface area contributed by atoms with Crippen molar-refractivity contribution >= 4 is 17.5 Å². The van der Waals surface area contributed by atoms with Gasteiger partial charge in [0.05, 0.1) is 11.6 Å². The summed E-state index contributed by atoms with van der Waals surface area (Å²) in [4.78, 5) is 13.2. The molecule has 1 amide bonds.